The van der Waals surface area contributed by atoms with Gasteiger partial charge in [0.1, 0.15) is 0 Å². The van der Waals surface area contributed by atoms with Crippen LogP contribution in [-0.2, 0) is 21.3 Å². The van der Waals surface area contributed by atoms with E-state index in [1.807, 2.05) is 30.6 Å². The molecule has 2 saturated heterocycles. The second kappa shape index (κ2) is 7.44. The third kappa shape index (κ3) is 3.81. The van der Waals surface area contributed by atoms with Crippen LogP contribution in [0.1, 0.15) is 5.56 Å². The van der Waals surface area contributed by atoms with Gasteiger partial charge in [-0.3, -0.25) is 9.88 Å². The van der Waals surface area contributed by atoms with Crippen LogP contribution in [0.4, 0.5) is 0 Å². The van der Waals surface area contributed by atoms with Crippen molar-refractivity contribution in [1.82, 2.24) is 14.6 Å². The molecule has 3 heterocycles. The number of nitrogens with zero attached hydrogens (tertiary/aromatic N) is 2. The van der Waals surface area contributed by atoms with E-state index in [0.717, 1.165) is 19.6 Å². The second-order valence-electron chi connectivity index (χ2n) is 7.01. The van der Waals surface area contributed by atoms with Crippen molar-refractivity contribution in [3.63, 3.8) is 0 Å². The molecule has 4 rings (SSSR count). The topological polar surface area (TPSA) is 71.5 Å². The normalized spacial score (nSPS) is 26.1. The average Bonchev–Trinajstić information content (AvgIpc) is 3.22. The van der Waals surface area contributed by atoms with Gasteiger partial charge in [-0.1, -0.05) is 18.2 Å². The molecule has 3 atom stereocenters. The number of fused-ring (bicyclic) bond motifs is 1. The minimum Gasteiger partial charge on any atom is -0.376 e. The Morgan fingerprint density at radius 3 is 2.65 bits per heavy atom. The van der Waals surface area contributed by atoms with Gasteiger partial charge in [0.2, 0.25) is 10.0 Å². The maximum absolute atomic E-state index is 12.4. The van der Waals surface area contributed by atoms with Gasteiger partial charge < -0.3 is 4.74 Å². The summed E-state index contributed by atoms with van der Waals surface area (Å²) >= 11 is 0. The molecule has 0 saturated carbocycles. The van der Waals surface area contributed by atoms with Crippen LogP contribution in [0.2, 0.25) is 0 Å². The van der Waals surface area contributed by atoms with Gasteiger partial charge in [0.25, 0.3) is 0 Å². The molecule has 0 bridgehead atoms. The smallest absolute Gasteiger partial charge is 0.240 e. The molecule has 1 aromatic carbocycles. The van der Waals surface area contributed by atoms with E-state index in [2.05, 4.69) is 14.6 Å². The molecule has 0 unspecified atom stereocenters. The third-order valence-corrected chi connectivity index (χ3v) is 6.70. The molecule has 138 valence electrons. The first-order valence-electron chi connectivity index (χ1n) is 8.89. The van der Waals surface area contributed by atoms with Crippen LogP contribution < -0.4 is 4.72 Å². The molecule has 0 radical (unpaired) electrons. The van der Waals surface area contributed by atoms with Crippen molar-refractivity contribution in [3.8, 4) is 0 Å². The third-order valence-electron chi connectivity index (χ3n) is 5.26. The van der Waals surface area contributed by atoms with E-state index in [4.69, 9.17) is 4.74 Å². The van der Waals surface area contributed by atoms with E-state index >= 15 is 0 Å². The highest BCUT2D eigenvalue weighted by Gasteiger charge is 2.43. The number of sulfonamides is 1. The summed E-state index contributed by atoms with van der Waals surface area (Å²) in [6.07, 6.45) is 3.82. The van der Waals surface area contributed by atoms with Crippen molar-refractivity contribution in [2.24, 2.45) is 11.8 Å². The lowest BCUT2D eigenvalue weighted by Gasteiger charge is -2.20. The fourth-order valence-electron chi connectivity index (χ4n) is 3.87. The number of hydrogen-bond acceptors (Lipinski definition) is 5. The number of benzene rings is 1. The van der Waals surface area contributed by atoms with Crippen LogP contribution in [0.5, 0.6) is 0 Å². The number of likely N-dealkylation sites (tertiary alicyclic amines) is 1. The monoisotopic (exact) mass is 373 g/mol. The number of nitrogens with one attached hydrogen (secondary N) is 1. The molecule has 1 N–H and O–H groups in total. The molecule has 2 aliphatic rings. The average molecular weight is 373 g/mol. The Morgan fingerprint density at radius 2 is 1.88 bits per heavy atom. The van der Waals surface area contributed by atoms with Gasteiger partial charge in [-0.2, -0.15) is 0 Å². The first-order chi connectivity index (χ1) is 12.6. The van der Waals surface area contributed by atoms with Gasteiger partial charge in [-0.25, -0.2) is 13.1 Å². The Bertz CT molecular complexity index is 830. The van der Waals surface area contributed by atoms with E-state index in [-0.39, 0.29) is 12.0 Å². The molecule has 26 heavy (non-hydrogen) atoms. The van der Waals surface area contributed by atoms with Crippen LogP contribution in [0, 0.1) is 11.8 Å². The quantitative estimate of drug-likeness (QED) is 0.831. The molecular weight excluding hydrogens is 350 g/mol. The zero-order chi connectivity index (χ0) is 18.0. The van der Waals surface area contributed by atoms with Gasteiger partial charge in [-0.15, -0.1) is 0 Å². The van der Waals surface area contributed by atoms with E-state index in [0.29, 0.717) is 24.0 Å². The summed E-state index contributed by atoms with van der Waals surface area (Å²) in [5.41, 5.74) is 1.24. The summed E-state index contributed by atoms with van der Waals surface area (Å²) in [7, 11) is -3.46. The van der Waals surface area contributed by atoms with Crippen molar-refractivity contribution >= 4 is 10.0 Å². The Balaban J connectivity index is 1.35. The van der Waals surface area contributed by atoms with E-state index < -0.39 is 10.0 Å². The maximum atomic E-state index is 12.4. The molecule has 0 spiro atoms. The SMILES string of the molecule is O=S(=O)(NC[C@H]1CO[C@@H]2CN(Cc3ccncc3)C[C@H]12)c1ccccc1. The van der Waals surface area contributed by atoms with Crippen LogP contribution in [0.25, 0.3) is 0 Å². The number of rotatable bonds is 6. The molecule has 7 heteroatoms. The van der Waals surface area contributed by atoms with Crippen molar-refractivity contribution in [2.45, 2.75) is 17.5 Å². The zero-order valence-corrected chi connectivity index (χ0v) is 15.3. The van der Waals surface area contributed by atoms with Crippen LogP contribution in [0.3, 0.4) is 0 Å². The van der Waals surface area contributed by atoms with Crippen molar-refractivity contribution in [2.75, 3.05) is 26.2 Å². The van der Waals surface area contributed by atoms with Crippen LogP contribution in [-0.4, -0.2) is 50.6 Å². The van der Waals surface area contributed by atoms with E-state index in [9.17, 15) is 8.42 Å². The Hall–Kier alpha value is -1.80. The van der Waals surface area contributed by atoms with Gasteiger partial charge >= 0.3 is 0 Å². The highest BCUT2D eigenvalue weighted by Crippen LogP contribution is 2.34. The van der Waals surface area contributed by atoms with Gasteiger partial charge in [0, 0.05) is 50.4 Å². The predicted molar refractivity (Wildman–Crippen MR) is 97.9 cm³/mol. The van der Waals surface area contributed by atoms with Crippen molar-refractivity contribution in [1.29, 1.82) is 0 Å². The maximum Gasteiger partial charge on any atom is 0.240 e. The molecule has 2 aliphatic heterocycles. The molecule has 2 fully saturated rings. The van der Waals surface area contributed by atoms with Gasteiger partial charge in [0.05, 0.1) is 17.6 Å². The largest absolute Gasteiger partial charge is 0.376 e. The minimum absolute atomic E-state index is 0.197. The summed E-state index contributed by atoms with van der Waals surface area (Å²) in [5, 5.41) is 0. The van der Waals surface area contributed by atoms with E-state index in [1.54, 1.807) is 24.3 Å². The Labute approximate surface area is 154 Å². The highest BCUT2D eigenvalue weighted by molar-refractivity contribution is 7.89. The van der Waals surface area contributed by atoms with Gasteiger partial charge in [-0.05, 0) is 29.8 Å². The number of ether oxygens (including phenoxy) is 1. The lowest BCUT2D eigenvalue weighted by Crippen LogP contribution is -2.34. The molecule has 2 aromatic rings. The summed E-state index contributed by atoms with van der Waals surface area (Å²) < 4.78 is 33.5. The van der Waals surface area contributed by atoms with Crippen LogP contribution >= 0.6 is 0 Å². The lowest BCUT2D eigenvalue weighted by molar-refractivity contribution is 0.0942. The number of aromatic nitrogens is 1. The molecule has 0 amide bonds. The predicted octanol–water partition coefficient (Wildman–Crippen LogP) is 1.51. The second-order valence-corrected chi connectivity index (χ2v) is 8.78. The fourth-order valence-corrected chi connectivity index (χ4v) is 4.98. The Kier molecular flexibility index (Phi) is 5.04. The summed E-state index contributed by atoms with van der Waals surface area (Å²) in [5.74, 6) is 0.580. The summed E-state index contributed by atoms with van der Waals surface area (Å²) in [4.78, 5) is 6.74. The minimum atomic E-state index is -3.46. The molecule has 1 aromatic heterocycles. The first kappa shape index (κ1) is 17.6. The van der Waals surface area contributed by atoms with Crippen molar-refractivity contribution < 1.29 is 13.2 Å². The first-order valence-corrected chi connectivity index (χ1v) is 10.4. The van der Waals surface area contributed by atoms with Gasteiger partial charge in [0.15, 0.2) is 0 Å². The van der Waals surface area contributed by atoms with Crippen molar-refractivity contribution in [3.05, 3.63) is 60.4 Å². The molecule has 6 nitrogen and oxygen atoms in total. The summed E-state index contributed by atoms with van der Waals surface area (Å²) in [6, 6.07) is 12.6. The Morgan fingerprint density at radius 1 is 1.12 bits per heavy atom. The number of hydrogen-bond donors (Lipinski definition) is 1. The fraction of sp³-hybridized carbons (Fsp3) is 0.421. The summed E-state index contributed by atoms with van der Waals surface area (Å²) in [6.45, 7) is 3.75. The number of pyridine rings is 1. The zero-order valence-electron chi connectivity index (χ0n) is 14.5. The lowest BCUT2D eigenvalue weighted by atomic mass is 9.93. The molecular formula is C19H23N3O3S. The molecule has 0 aliphatic carbocycles. The standard InChI is InChI=1S/C19H23N3O3S/c23-26(24,17-4-2-1-3-5-17)21-10-16-14-25-19-13-22(12-18(16)19)11-15-6-8-20-9-7-15/h1-9,16,18-19,21H,10-14H2/t16-,18+,19+/m0/s1. The highest BCUT2D eigenvalue weighted by atomic mass is 32.2. The van der Waals surface area contributed by atoms with E-state index in [1.165, 1.54) is 5.56 Å². The van der Waals surface area contributed by atoms with Crippen LogP contribution in [0.15, 0.2) is 59.8 Å².